The molecule has 0 saturated carbocycles. The van der Waals surface area contributed by atoms with Crippen LogP contribution in [0.2, 0.25) is 0 Å². The van der Waals surface area contributed by atoms with Crippen LogP contribution in [0, 0.1) is 13.8 Å². The number of aryl methyl sites for hydroxylation is 1. The lowest BCUT2D eigenvalue weighted by atomic mass is 10.2. The molecule has 0 radical (unpaired) electrons. The van der Waals surface area contributed by atoms with Gasteiger partial charge in [0.25, 0.3) is 0 Å². The summed E-state index contributed by atoms with van der Waals surface area (Å²) in [5.41, 5.74) is 1.48. The Kier molecular flexibility index (Phi) is 2.16. The first kappa shape index (κ1) is 9.15. The number of sulfonamides is 1. The zero-order valence-electron chi connectivity index (χ0n) is 6.90. The van der Waals surface area contributed by atoms with Crippen LogP contribution < -0.4 is 5.14 Å². The molecule has 1 aromatic rings. The summed E-state index contributed by atoms with van der Waals surface area (Å²) in [6.45, 7) is 3.49. The fraction of sp³-hybridized carbons (Fsp3) is 0.286. The maximum absolute atomic E-state index is 10.9. The molecule has 0 aliphatic rings. The largest absolute Gasteiger partial charge is 0.263 e. The van der Waals surface area contributed by atoms with Crippen LogP contribution in [-0.2, 0) is 10.0 Å². The summed E-state index contributed by atoms with van der Waals surface area (Å²) in [5, 5.41) is 4.96. The Balaban J connectivity index is 3.47. The molecule has 1 aromatic heterocycles. The number of nitrogens with zero attached hydrogens (tertiary/aromatic N) is 1. The van der Waals surface area contributed by atoms with Crippen molar-refractivity contribution >= 4 is 10.0 Å². The Morgan fingerprint density at radius 2 is 1.92 bits per heavy atom. The molecule has 66 valence electrons. The molecule has 0 atom stereocenters. The van der Waals surface area contributed by atoms with E-state index in [9.17, 15) is 8.42 Å². The standard InChI is InChI=1S/C7H10N2O2S/c1-5-3-9-4-7(6(5)2)12(8,10)11/h3-4H,1-2H3,(H2,8,10,11). The first-order valence-electron chi connectivity index (χ1n) is 3.37. The normalized spacial score (nSPS) is 11.6. The molecule has 12 heavy (non-hydrogen) atoms. The third kappa shape index (κ3) is 1.62. The van der Waals surface area contributed by atoms with Gasteiger partial charge in [-0.25, -0.2) is 13.6 Å². The van der Waals surface area contributed by atoms with E-state index in [1.54, 1.807) is 20.0 Å². The summed E-state index contributed by atoms with van der Waals surface area (Å²) in [4.78, 5) is 3.85. The van der Waals surface area contributed by atoms with Gasteiger partial charge in [0, 0.05) is 12.4 Å². The zero-order valence-corrected chi connectivity index (χ0v) is 7.72. The molecular weight excluding hydrogens is 176 g/mol. The minimum absolute atomic E-state index is 0.0995. The molecule has 0 unspecified atom stereocenters. The van der Waals surface area contributed by atoms with Crippen molar-refractivity contribution in [1.82, 2.24) is 4.98 Å². The minimum atomic E-state index is -3.62. The molecule has 1 heterocycles. The van der Waals surface area contributed by atoms with Gasteiger partial charge in [0.2, 0.25) is 10.0 Å². The van der Waals surface area contributed by atoms with Crippen LogP contribution in [0.3, 0.4) is 0 Å². The second-order valence-electron chi connectivity index (χ2n) is 2.62. The van der Waals surface area contributed by atoms with Gasteiger partial charge in [-0.1, -0.05) is 0 Å². The Hall–Kier alpha value is -0.940. The number of hydrogen-bond acceptors (Lipinski definition) is 3. The van der Waals surface area contributed by atoms with E-state index in [0.29, 0.717) is 5.56 Å². The lowest BCUT2D eigenvalue weighted by Gasteiger charge is -2.03. The first-order valence-corrected chi connectivity index (χ1v) is 4.91. The third-order valence-electron chi connectivity index (χ3n) is 1.73. The van der Waals surface area contributed by atoms with Gasteiger partial charge in [-0.15, -0.1) is 0 Å². The van der Waals surface area contributed by atoms with Gasteiger partial charge in [0.15, 0.2) is 0 Å². The second kappa shape index (κ2) is 2.84. The van der Waals surface area contributed by atoms with Crippen LogP contribution in [0.25, 0.3) is 0 Å². The van der Waals surface area contributed by atoms with E-state index in [0.717, 1.165) is 5.56 Å². The Morgan fingerprint density at radius 1 is 1.33 bits per heavy atom. The van der Waals surface area contributed by atoms with Gasteiger partial charge >= 0.3 is 0 Å². The van der Waals surface area contributed by atoms with Crippen molar-refractivity contribution in [3.8, 4) is 0 Å². The molecule has 0 fully saturated rings. The van der Waals surface area contributed by atoms with Crippen molar-refractivity contribution in [2.75, 3.05) is 0 Å². The summed E-state index contributed by atoms with van der Waals surface area (Å²) in [7, 11) is -3.62. The van der Waals surface area contributed by atoms with Crippen LogP contribution in [0.4, 0.5) is 0 Å². The number of aromatic nitrogens is 1. The highest BCUT2D eigenvalue weighted by Gasteiger charge is 2.12. The lowest BCUT2D eigenvalue weighted by molar-refractivity contribution is 0.596. The Bertz CT molecular complexity index is 398. The molecular formula is C7H10N2O2S. The van der Waals surface area contributed by atoms with E-state index in [1.807, 2.05) is 0 Å². The van der Waals surface area contributed by atoms with E-state index in [4.69, 9.17) is 5.14 Å². The first-order chi connectivity index (χ1) is 5.43. The quantitative estimate of drug-likeness (QED) is 0.687. The van der Waals surface area contributed by atoms with Crippen molar-refractivity contribution in [2.45, 2.75) is 18.7 Å². The molecule has 5 heteroatoms. The minimum Gasteiger partial charge on any atom is -0.263 e. The Morgan fingerprint density at radius 3 is 2.33 bits per heavy atom. The highest BCUT2D eigenvalue weighted by Crippen LogP contribution is 2.14. The number of pyridine rings is 1. The number of hydrogen-bond donors (Lipinski definition) is 1. The average molecular weight is 186 g/mol. The summed E-state index contributed by atoms with van der Waals surface area (Å²) in [6, 6.07) is 0. The lowest BCUT2D eigenvalue weighted by Crippen LogP contribution is -2.14. The second-order valence-corrected chi connectivity index (χ2v) is 4.15. The number of primary sulfonamides is 1. The monoisotopic (exact) mass is 186 g/mol. The summed E-state index contributed by atoms with van der Waals surface area (Å²) in [6.07, 6.45) is 2.86. The molecule has 0 spiro atoms. The maximum atomic E-state index is 10.9. The molecule has 2 N–H and O–H groups in total. The average Bonchev–Trinajstić information content (AvgIpc) is 1.92. The molecule has 0 aliphatic heterocycles. The maximum Gasteiger partial charge on any atom is 0.239 e. The molecule has 0 aliphatic carbocycles. The predicted octanol–water partition coefficient (Wildman–Crippen LogP) is 0.346. The molecule has 0 bridgehead atoms. The van der Waals surface area contributed by atoms with Crippen molar-refractivity contribution < 1.29 is 8.42 Å². The van der Waals surface area contributed by atoms with Crippen LogP contribution >= 0.6 is 0 Å². The van der Waals surface area contributed by atoms with Gasteiger partial charge in [-0.05, 0) is 25.0 Å². The third-order valence-corrected chi connectivity index (χ3v) is 2.75. The van der Waals surface area contributed by atoms with Crippen LogP contribution in [-0.4, -0.2) is 13.4 Å². The summed E-state index contributed by atoms with van der Waals surface area (Å²) in [5.74, 6) is 0. The molecule has 0 saturated heterocycles. The van der Waals surface area contributed by atoms with E-state index in [2.05, 4.69) is 4.98 Å². The van der Waals surface area contributed by atoms with Crippen molar-refractivity contribution in [2.24, 2.45) is 5.14 Å². The highest BCUT2D eigenvalue weighted by molar-refractivity contribution is 7.89. The topological polar surface area (TPSA) is 73.0 Å². The van der Waals surface area contributed by atoms with E-state index in [-0.39, 0.29) is 4.90 Å². The van der Waals surface area contributed by atoms with Crippen LogP contribution in [0.15, 0.2) is 17.3 Å². The number of rotatable bonds is 1. The van der Waals surface area contributed by atoms with Crippen molar-refractivity contribution in [3.05, 3.63) is 23.5 Å². The van der Waals surface area contributed by atoms with Crippen LogP contribution in [0.1, 0.15) is 11.1 Å². The van der Waals surface area contributed by atoms with Gasteiger partial charge in [-0.2, -0.15) is 0 Å². The smallest absolute Gasteiger partial charge is 0.239 e. The highest BCUT2D eigenvalue weighted by atomic mass is 32.2. The zero-order chi connectivity index (χ0) is 9.35. The molecule has 0 aromatic carbocycles. The number of nitrogens with two attached hydrogens (primary N) is 1. The van der Waals surface area contributed by atoms with E-state index < -0.39 is 10.0 Å². The van der Waals surface area contributed by atoms with Gasteiger partial charge in [-0.3, -0.25) is 4.98 Å². The Labute approximate surface area is 71.5 Å². The van der Waals surface area contributed by atoms with Gasteiger partial charge in [0.05, 0.1) is 0 Å². The predicted molar refractivity (Wildman–Crippen MR) is 45.1 cm³/mol. The summed E-state index contributed by atoms with van der Waals surface area (Å²) < 4.78 is 21.9. The molecule has 4 nitrogen and oxygen atoms in total. The van der Waals surface area contributed by atoms with Crippen molar-refractivity contribution in [3.63, 3.8) is 0 Å². The van der Waals surface area contributed by atoms with Crippen molar-refractivity contribution in [1.29, 1.82) is 0 Å². The molecule has 1 rings (SSSR count). The molecule has 0 amide bonds. The van der Waals surface area contributed by atoms with Gasteiger partial charge < -0.3 is 0 Å². The fourth-order valence-corrected chi connectivity index (χ4v) is 1.69. The fourth-order valence-electron chi connectivity index (χ4n) is 0.892. The summed E-state index contributed by atoms with van der Waals surface area (Å²) >= 11 is 0. The van der Waals surface area contributed by atoms with E-state index in [1.165, 1.54) is 6.20 Å². The van der Waals surface area contributed by atoms with E-state index >= 15 is 0 Å². The van der Waals surface area contributed by atoms with Crippen LogP contribution in [0.5, 0.6) is 0 Å². The van der Waals surface area contributed by atoms with Gasteiger partial charge in [0.1, 0.15) is 4.90 Å². The SMILES string of the molecule is Cc1cncc(S(N)(=O)=O)c1C.